The number of aromatic nitrogens is 1. The van der Waals surface area contributed by atoms with Crippen molar-refractivity contribution in [2.24, 2.45) is 9.98 Å². The van der Waals surface area contributed by atoms with Gasteiger partial charge in [0.15, 0.2) is 11.5 Å². The van der Waals surface area contributed by atoms with Crippen molar-refractivity contribution in [1.82, 2.24) is 4.98 Å². The summed E-state index contributed by atoms with van der Waals surface area (Å²) in [5, 5.41) is 13.0. The van der Waals surface area contributed by atoms with Gasteiger partial charge < -0.3 is 19.5 Å². The van der Waals surface area contributed by atoms with Gasteiger partial charge in [-0.25, -0.2) is 9.98 Å². The molecule has 0 bridgehead atoms. The van der Waals surface area contributed by atoms with Crippen LogP contribution in [0.25, 0.3) is 6.08 Å². The molecule has 0 amide bonds. The number of nitrogens with one attached hydrogen (secondary N) is 1. The number of allylic oxidation sites excluding steroid dienone is 1. The first-order chi connectivity index (χ1) is 14.6. The molecule has 152 valence electrons. The van der Waals surface area contributed by atoms with E-state index >= 15 is 0 Å². The van der Waals surface area contributed by atoms with Crippen LogP contribution in [0.4, 0.5) is 11.4 Å². The molecule has 0 fully saturated rings. The van der Waals surface area contributed by atoms with Crippen LogP contribution in [0.2, 0.25) is 0 Å². The Morgan fingerprint density at radius 3 is 2.47 bits per heavy atom. The number of hydrogen-bond donors (Lipinski definition) is 1. The van der Waals surface area contributed by atoms with E-state index in [1.54, 1.807) is 39.7 Å². The van der Waals surface area contributed by atoms with Gasteiger partial charge in [0.1, 0.15) is 11.9 Å². The number of halogens is 1. The van der Waals surface area contributed by atoms with Gasteiger partial charge in [0, 0.05) is 36.0 Å². The predicted octanol–water partition coefficient (Wildman–Crippen LogP) is 3.71. The average Bonchev–Trinajstić information content (AvgIpc) is 3.19. The first kappa shape index (κ1) is 19.7. The number of hydrogen-bond acceptors (Lipinski definition) is 8. The fourth-order valence-electron chi connectivity index (χ4n) is 3.42. The van der Waals surface area contributed by atoms with E-state index in [2.05, 4.69) is 26.4 Å². The highest BCUT2D eigenvalue weighted by atomic mass is 35.5. The van der Waals surface area contributed by atoms with Gasteiger partial charge in [-0.3, -0.25) is 4.98 Å². The van der Waals surface area contributed by atoms with Crippen molar-refractivity contribution in [2.75, 3.05) is 32.5 Å². The molecule has 30 heavy (non-hydrogen) atoms. The predicted molar refractivity (Wildman–Crippen MR) is 116 cm³/mol. The summed E-state index contributed by atoms with van der Waals surface area (Å²) in [5.74, 6) is 2.30. The lowest BCUT2D eigenvalue weighted by molar-refractivity contribution is 0.324. The molecule has 0 spiro atoms. The molecule has 0 atom stereocenters. The maximum atomic E-state index is 9.66. The topological polar surface area (TPSA) is 101 Å². The second-order valence-electron chi connectivity index (χ2n) is 6.48. The fourth-order valence-corrected chi connectivity index (χ4v) is 3.54. The molecule has 2 aromatic rings. The summed E-state index contributed by atoms with van der Waals surface area (Å²) in [6, 6.07) is 5.75. The van der Waals surface area contributed by atoms with Crippen LogP contribution in [-0.2, 0) is 6.42 Å². The normalized spacial score (nSPS) is 13.9. The minimum absolute atomic E-state index is 0.241. The van der Waals surface area contributed by atoms with Gasteiger partial charge in [0.05, 0.1) is 55.6 Å². The summed E-state index contributed by atoms with van der Waals surface area (Å²) in [7, 11) is 4.64. The van der Waals surface area contributed by atoms with E-state index in [0.29, 0.717) is 46.4 Å². The molecule has 0 unspecified atom stereocenters. The largest absolute Gasteiger partial charge is 0.493 e. The number of anilines is 2. The Balaban J connectivity index is 1.82. The number of nitrogens with zero attached hydrogens (tertiary/aromatic N) is 4. The van der Waals surface area contributed by atoms with Crippen LogP contribution < -0.4 is 19.5 Å². The molecule has 0 saturated carbocycles. The van der Waals surface area contributed by atoms with Gasteiger partial charge >= 0.3 is 0 Å². The molecule has 1 aromatic carbocycles. The zero-order valence-electron chi connectivity index (χ0n) is 16.6. The monoisotopic (exact) mass is 423 g/mol. The Bertz CT molecular complexity index is 1140. The zero-order valence-corrected chi connectivity index (χ0v) is 17.4. The smallest absolute Gasteiger partial charge is 0.203 e. The highest BCUT2D eigenvalue weighted by Crippen LogP contribution is 2.42. The van der Waals surface area contributed by atoms with E-state index in [1.807, 2.05) is 6.08 Å². The SMILES string of the molecule is COc1cc(Nc2c(C#N)cnc3c2C=C2N=C(CCl)N=C2C3)cc(OC)c1OC. The molecule has 1 aliphatic carbocycles. The number of methoxy groups -OCH3 is 3. The number of fused-ring (bicyclic) bond motifs is 2. The van der Waals surface area contributed by atoms with Gasteiger partial charge in [-0.2, -0.15) is 5.26 Å². The summed E-state index contributed by atoms with van der Waals surface area (Å²) in [6.07, 6.45) is 3.95. The lowest BCUT2D eigenvalue weighted by atomic mass is 9.95. The Kier molecular flexibility index (Phi) is 5.29. The summed E-state index contributed by atoms with van der Waals surface area (Å²) in [4.78, 5) is 13.4. The van der Waals surface area contributed by atoms with Crippen molar-refractivity contribution in [3.8, 4) is 23.3 Å². The second kappa shape index (κ2) is 8.05. The third-order valence-corrected chi connectivity index (χ3v) is 5.04. The summed E-state index contributed by atoms with van der Waals surface area (Å²) >= 11 is 5.88. The van der Waals surface area contributed by atoms with Crippen LogP contribution in [0.5, 0.6) is 17.2 Å². The molecule has 4 rings (SSSR count). The van der Waals surface area contributed by atoms with Gasteiger partial charge in [-0.15, -0.1) is 11.6 Å². The molecule has 9 heteroatoms. The minimum atomic E-state index is 0.241. The molecule has 8 nitrogen and oxygen atoms in total. The van der Waals surface area contributed by atoms with Crippen LogP contribution in [0.3, 0.4) is 0 Å². The molecular formula is C21H18ClN5O3. The number of aliphatic imine (C=N–C) groups is 2. The van der Waals surface area contributed by atoms with Crippen LogP contribution in [-0.4, -0.2) is 43.7 Å². The average molecular weight is 424 g/mol. The van der Waals surface area contributed by atoms with Gasteiger partial charge in [0.25, 0.3) is 0 Å². The van der Waals surface area contributed by atoms with Crippen LogP contribution in [0.1, 0.15) is 16.8 Å². The third-order valence-electron chi connectivity index (χ3n) is 4.80. The van der Waals surface area contributed by atoms with Crippen LogP contribution in [0, 0.1) is 11.3 Å². The van der Waals surface area contributed by atoms with Crippen molar-refractivity contribution < 1.29 is 14.2 Å². The standard InChI is InChI=1S/C21H18ClN5O3/c1-28-17-4-12(5-18(29-2)21(17)30-3)25-20-11(9-23)10-24-14-7-16-15(6-13(14)20)26-19(8-22)27-16/h4-6,10H,7-8H2,1-3H3,(H,24,25). The molecule has 0 radical (unpaired) electrons. The Morgan fingerprint density at radius 2 is 1.87 bits per heavy atom. The summed E-state index contributed by atoms with van der Waals surface area (Å²) in [6.45, 7) is 0. The summed E-state index contributed by atoms with van der Waals surface area (Å²) < 4.78 is 16.2. The first-order valence-electron chi connectivity index (χ1n) is 9.04. The molecule has 2 heterocycles. The van der Waals surface area contributed by atoms with Gasteiger partial charge in [-0.05, 0) is 6.08 Å². The molecule has 1 aliphatic heterocycles. The quantitative estimate of drug-likeness (QED) is 0.710. The fraction of sp³-hybridized carbons (Fsp3) is 0.238. The van der Waals surface area contributed by atoms with Crippen LogP contribution in [0.15, 0.2) is 34.0 Å². The van der Waals surface area contributed by atoms with E-state index in [-0.39, 0.29) is 5.88 Å². The van der Waals surface area contributed by atoms with Crippen molar-refractivity contribution in [3.05, 3.63) is 40.8 Å². The zero-order chi connectivity index (χ0) is 21.3. The van der Waals surface area contributed by atoms with Crippen molar-refractivity contribution in [3.63, 3.8) is 0 Å². The Morgan fingerprint density at radius 1 is 1.13 bits per heavy atom. The number of ether oxygens (including phenoxy) is 3. The number of amidine groups is 1. The van der Waals surface area contributed by atoms with Gasteiger partial charge in [-0.1, -0.05) is 0 Å². The number of rotatable bonds is 6. The molecule has 1 N–H and O–H groups in total. The van der Waals surface area contributed by atoms with E-state index in [0.717, 1.165) is 22.7 Å². The number of alkyl halides is 1. The highest BCUT2D eigenvalue weighted by molar-refractivity contribution is 6.32. The van der Waals surface area contributed by atoms with E-state index in [4.69, 9.17) is 25.8 Å². The third kappa shape index (κ3) is 3.33. The maximum Gasteiger partial charge on any atom is 0.203 e. The van der Waals surface area contributed by atoms with E-state index < -0.39 is 0 Å². The lowest BCUT2D eigenvalue weighted by Gasteiger charge is -2.20. The second-order valence-corrected chi connectivity index (χ2v) is 6.75. The number of pyridine rings is 1. The van der Waals surface area contributed by atoms with Crippen molar-refractivity contribution >= 4 is 40.6 Å². The van der Waals surface area contributed by atoms with Crippen molar-refractivity contribution in [1.29, 1.82) is 5.26 Å². The number of benzene rings is 1. The Labute approximate surface area is 178 Å². The Hall–Kier alpha value is -3.57. The molecule has 0 saturated heterocycles. The minimum Gasteiger partial charge on any atom is -0.493 e. The highest BCUT2D eigenvalue weighted by Gasteiger charge is 2.26. The first-order valence-corrected chi connectivity index (χ1v) is 9.57. The van der Waals surface area contributed by atoms with Crippen LogP contribution >= 0.6 is 11.6 Å². The molecule has 1 aromatic heterocycles. The van der Waals surface area contributed by atoms with Gasteiger partial charge in [0.2, 0.25) is 5.75 Å². The molecule has 2 aliphatic rings. The maximum absolute atomic E-state index is 9.66. The number of nitriles is 1. The molecular weight excluding hydrogens is 406 g/mol. The lowest BCUT2D eigenvalue weighted by Crippen LogP contribution is -2.13. The summed E-state index contributed by atoms with van der Waals surface area (Å²) in [5.41, 5.74) is 4.85. The van der Waals surface area contributed by atoms with E-state index in [1.165, 1.54) is 0 Å². The van der Waals surface area contributed by atoms with Crippen molar-refractivity contribution in [2.45, 2.75) is 6.42 Å². The van der Waals surface area contributed by atoms with E-state index in [9.17, 15) is 5.26 Å².